The minimum absolute atomic E-state index is 0.121. The summed E-state index contributed by atoms with van der Waals surface area (Å²) in [4.78, 5) is 123. The predicted molar refractivity (Wildman–Crippen MR) is 352 cm³/mol. The fourth-order valence-corrected chi connectivity index (χ4v) is 15.7. The van der Waals surface area contributed by atoms with Crippen LogP contribution in [0.3, 0.4) is 0 Å². The SMILES string of the molecule is C=CC(=O)O[C@H]1[C@H](C)[C@@H](O[C@@H]2O[C@H](C)C[C@H](N(C)C)[C@H]2O)[C@](C)(OC)C[C@@H](C)C(=O)[C@H](C)[C@H]2NC(=O)O[C@]2(C)[C@@H](CC)OC(=O)[C@@H]1C.C=CC(=O)O[C@H]1[C@H](C)[C@@H](O[C@@H]2O[C@H](C)C[C@H](N(C)C)[C@H]2OC(C)=O)[C@](C)(OC)C[C@@H](C)C(=O)[C@H](C)[C@H]2NC(=O)O[C@]2(C)[C@@H](CC)OC(=O)[C@@H]1C. The lowest BCUT2D eigenvalue weighted by atomic mass is 9.73. The first-order valence-electron chi connectivity index (χ1n) is 34.1. The molecule has 3 N–H and O–H groups in total. The minimum Gasteiger partial charge on any atom is -0.458 e. The van der Waals surface area contributed by atoms with Crippen LogP contribution < -0.4 is 10.6 Å². The molecule has 27 nitrogen and oxygen atoms in total. The van der Waals surface area contributed by atoms with Crippen LogP contribution in [0.2, 0.25) is 0 Å². The molecule has 0 bridgehead atoms. The van der Waals surface area contributed by atoms with Gasteiger partial charge in [0.05, 0.1) is 65.6 Å². The highest BCUT2D eigenvalue weighted by Crippen LogP contribution is 2.45. The highest BCUT2D eigenvalue weighted by Gasteiger charge is 2.60. The molecule has 0 radical (unpaired) electrons. The Bertz CT molecular complexity index is 2810. The van der Waals surface area contributed by atoms with Gasteiger partial charge in [0, 0.05) is 74.8 Å². The molecule has 6 saturated heterocycles. The van der Waals surface area contributed by atoms with Crippen LogP contribution in [0.1, 0.15) is 156 Å². The van der Waals surface area contributed by atoms with E-state index >= 15 is 0 Å². The number of likely N-dealkylation sites (N-methyl/N-ethyl adjacent to an activating group) is 2. The number of nitrogens with one attached hydrogen (secondary N) is 2. The lowest BCUT2D eigenvalue weighted by molar-refractivity contribution is -0.303. The van der Waals surface area contributed by atoms with E-state index in [1.807, 2.05) is 51.8 Å². The molecule has 27 heteroatoms. The summed E-state index contributed by atoms with van der Waals surface area (Å²) in [5.74, 6) is -10.2. The number of esters is 5. The lowest BCUT2D eigenvalue weighted by Crippen LogP contribution is -2.61. The van der Waals surface area contributed by atoms with Gasteiger partial charge >= 0.3 is 42.0 Å². The summed E-state index contributed by atoms with van der Waals surface area (Å²) in [6.45, 7) is 36.3. The topological polar surface area (TPSA) is 324 Å². The number of cyclic esters (lactones) is 2. The van der Waals surface area contributed by atoms with Crippen LogP contribution in [-0.2, 0) is 95.1 Å². The van der Waals surface area contributed by atoms with E-state index in [0.29, 0.717) is 12.8 Å². The van der Waals surface area contributed by atoms with E-state index in [1.54, 1.807) is 96.9 Å². The van der Waals surface area contributed by atoms with E-state index in [4.69, 9.17) is 61.6 Å². The maximum absolute atomic E-state index is 14.2. The fraction of sp³-hybridized carbons (Fsp3) is 0.814. The van der Waals surface area contributed by atoms with Crippen LogP contribution in [0.25, 0.3) is 0 Å². The number of aliphatic hydroxyl groups excluding tert-OH is 1. The molecule has 6 aliphatic heterocycles. The Balaban J connectivity index is 0.000000351. The normalized spacial score (nSPS) is 42.6. The molecule has 0 aromatic carbocycles. The van der Waals surface area contributed by atoms with Gasteiger partial charge in [0.15, 0.2) is 29.9 Å². The largest absolute Gasteiger partial charge is 0.458 e. The third-order valence-corrected chi connectivity index (χ3v) is 21.3. The predicted octanol–water partition coefficient (Wildman–Crippen LogP) is 6.58. The van der Waals surface area contributed by atoms with Gasteiger partial charge in [0.1, 0.15) is 42.1 Å². The number of ketones is 2. The number of rotatable bonds is 15. The summed E-state index contributed by atoms with van der Waals surface area (Å²) in [5, 5.41) is 17.0. The zero-order chi connectivity index (χ0) is 73.5. The minimum atomic E-state index is -1.38. The molecule has 28 atom stereocenters. The Hall–Kier alpha value is -5.65. The highest BCUT2D eigenvalue weighted by molar-refractivity contribution is 5.87. The second-order valence-corrected chi connectivity index (χ2v) is 29.0. The van der Waals surface area contributed by atoms with Crippen LogP contribution in [0.4, 0.5) is 9.59 Å². The van der Waals surface area contributed by atoms with Gasteiger partial charge < -0.3 is 87.1 Å². The number of carbonyl (C=O) groups is 9. The van der Waals surface area contributed by atoms with Gasteiger partial charge in [-0.05, 0) is 122 Å². The molecule has 6 heterocycles. The Morgan fingerprint density at radius 1 is 0.567 bits per heavy atom. The van der Waals surface area contributed by atoms with Gasteiger partial charge in [-0.15, -0.1) is 0 Å². The molecule has 0 aromatic heterocycles. The number of amides is 2. The molecule has 6 aliphatic rings. The summed E-state index contributed by atoms with van der Waals surface area (Å²) in [5.41, 5.74) is -5.24. The smallest absolute Gasteiger partial charge is 0.408 e. The Morgan fingerprint density at radius 3 is 1.27 bits per heavy atom. The van der Waals surface area contributed by atoms with Crippen LogP contribution in [0.5, 0.6) is 0 Å². The molecule has 97 heavy (non-hydrogen) atoms. The summed E-state index contributed by atoms with van der Waals surface area (Å²) in [6, 6.07) is -2.17. The molecule has 552 valence electrons. The Labute approximate surface area is 573 Å². The van der Waals surface area contributed by atoms with Crippen molar-refractivity contribution >= 4 is 53.6 Å². The third-order valence-electron chi connectivity index (χ3n) is 21.3. The number of hydrogen-bond donors (Lipinski definition) is 3. The van der Waals surface area contributed by atoms with E-state index in [2.05, 4.69) is 23.8 Å². The van der Waals surface area contributed by atoms with Crippen LogP contribution in [0, 0.1) is 47.3 Å². The van der Waals surface area contributed by atoms with Crippen molar-refractivity contribution in [3.05, 3.63) is 25.3 Å². The second-order valence-electron chi connectivity index (χ2n) is 29.0. The number of Topliss-reactive ketones (excluding diaryl/α,β-unsaturated/α-hetero) is 2. The van der Waals surface area contributed by atoms with Crippen molar-refractivity contribution < 1.29 is 110 Å². The van der Waals surface area contributed by atoms with Crippen LogP contribution >= 0.6 is 0 Å². The van der Waals surface area contributed by atoms with Gasteiger partial charge in [-0.1, -0.05) is 68.5 Å². The van der Waals surface area contributed by atoms with Gasteiger partial charge in [-0.25, -0.2) is 19.2 Å². The van der Waals surface area contributed by atoms with Gasteiger partial charge in [0.25, 0.3) is 0 Å². The molecule has 0 unspecified atom stereocenters. The van der Waals surface area contributed by atoms with Crippen molar-refractivity contribution in [2.24, 2.45) is 47.3 Å². The lowest BCUT2D eigenvalue weighted by Gasteiger charge is -2.49. The average molecular weight is 1380 g/mol. The molecule has 6 fully saturated rings. The summed E-state index contributed by atoms with van der Waals surface area (Å²) in [6.07, 6.45) is -8.33. The zero-order valence-corrected chi connectivity index (χ0v) is 61.5. The number of hydrogen-bond acceptors (Lipinski definition) is 25. The zero-order valence-electron chi connectivity index (χ0n) is 61.5. The monoisotopic (exact) mass is 1380 g/mol. The highest BCUT2D eigenvalue weighted by atomic mass is 16.7. The van der Waals surface area contributed by atoms with Crippen molar-refractivity contribution in [2.45, 2.75) is 276 Å². The van der Waals surface area contributed by atoms with Crippen molar-refractivity contribution in [2.75, 3.05) is 42.4 Å². The molecule has 0 aromatic rings. The number of nitrogens with zero attached hydrogens (tertiary/aromatic N) is 2. The first-order valence-corrected chi connectivity index (χ1v) is 34.1. The van der Waals surface area contributed by atoms with Crippen molar-refractivity contribution in [1.82, 2.24) is 20.4 Å². The standard InChI is InChI=1S/C36H58N2O12.C34H56N2O11/c1-14-25-36(10)30(37-34(43)50-36)20(5)27(41)18(3)17-35(9,44-13)31(21(6)28(48-26(40)15-2)22(7)32(42)47-25)49-33-29(46-23(8)39)24(38(11)12)16-19(4)45-33;1-13-23-34(9)28(35-32(41)47-34)19(5)25(38)17(3)16-33(8,42-12)29(46-31-26(39)22(36(10)11)15-18(4)43-31)20(6)27(45-24(37)14-2)21(7)30(40)44-23/h15,18-22,24-25,28-31,33H,2,14,16-17H2,1,3-13H3,(H,37,43);14,17-23,26-29,31,39H,2,13,15-16H2,1,3-12H3,(H,35,41)/t18-,19-,20+,21+,22-,24+,25-,28+,29-,30-,31-,33+,35-,36-;17-,18-,19+,20+,21-,22+,23-,26-,27+,28-,29-,31+,33-,34-/m11/s1. The number of methoxy groups -OCH3 is 2. The molecular weight excluding hydrogens is 1260 g/mol. The number of fused-ring (bicyclic) bond motifs is 2. The second kappa shape index (κ2) is 33.7. The van der Waals surface area contributed by atoms with Gasteiger partial charge in [-0.2, -0.15) is 0 Å². The number of aliphatic hydroxyl groups is 1. The van der Waals surface area contributed by atoms with Crippen molar-refractivity contribution in [3.63, 3.8) is 0 Å². The molecular formula is C70H114N4O23. The molecule has 2 amide bonds. The van der Waals surface area contributed by atoms with Crippen LogP contribution in [0.15, 0.2) is 25.3 Å². The molecule has 0 aliphatic carbocycles. The third kappa shape index (κ3) is 18.3. The summed E-state index contributed by atoms with van der Waals surface area (Å²) < 4.78 is 79.5. The average Bonchev–Trinajstić information content (AvgIpc) is 1.50. The maximum Gasteiger partial charge on any atom is 0.408 e. The Morgan fingerprint density at radius 2 is 0.928 bits per heavy atom. The van der Waals surface area contributed by atoms with E-state index < -0.39 is 185 Å². The first-order chi connectivity index (χ1) is 45.1. The fourth-order valence-electron chi connectivity index (χ4n) is 15.7. The van der Waals surface area contributed by atoms with Gasteiger partial charge in [-0.3, -0.25) is 24.0 Å². The molecule has 0 spiro atoms. The number of ether oxygens (including phenoxy) is 13. The van der Waals surface area contributed by atoms with E-state index in [-0.39, 0.29) is 61.5 Å². The molecule has 6 rings (SSSR count). The number of carbonyl (C=O) groups excluding carboxylic acids is 9. The molecule has 0 saturated carbocycles. The summed E-state index contributed by atoms with van der Waals surface area (Å²) in [7, 11) is 10.5. The van der Waals surface area contributed by atoms with E-state index in [1.165, 1.54) is 21.1 Å². The Kier molecular flexibility index (Phi) is 28.5. The number of alkyl carbamates (subject to hydrolysis) is 2. The first kappa shape index (κ1) is 82.0. The van der Waals surface area contributed by atoms with Gasteiger partial charge in [0.2, 0.25) is 0 Å². The maximum atomic E-state index is 14.2. The van der Waals surface area contributed by atoms with E-state index in [9.17, 15) is 48.3 Å². The van der Waals surface area contributed by atoms with Crippen molar-refractivity contribution in [1.29, 1.82) is 0 Å². The van der Waals surface area contributed by atoms with Crippen LogP contribution in [-0.4, -0.2) is 231 Å². The summed E-state index contributed by atoms with van der Waals surface area (Å²) >= 11 is 0. The van der Waals surface area contributed by atoms with E-state index in [0.717, 1.165) is 12.2 Å². The quantitative estimate of drug-likeness (QED) is 0.0885. The van der Waals surface area contributed by atoms with Crippen molar-refractivity contribution in [3.8, 4) is 0 Å².